The number of amides is 6. The number of nitrogens with one attached hydrogen (secondary N) is 3. The van der Waals surface area contributed by atoms with Crippen LogP contribution in [-0.2, 0) is 38.7 Å². The highest BCUT2D eigenvalue weighted by molar-refractivity contribution is 9.10. The van der Waals surface area contributed by atoms with Crippen molar-refractivity contribution in [3.8, 4) is 5.75 Å². The maximum atomic E-state index is 13.5. The Bertz CT molecular complexity index is 2530. The van der Waals surface area contributed by atoms with Gasteiger partial charge in [0.1, 0.15) is 29.3 Å². The van der Waals surface area contributed by atoms with Crippen LogP contribution in [0, 0.1) is 0 Å². The third-order valence-electron chi connectivity index (χ3n) is 13.4. The lowest BCUT2D eigenvalue weighted by molar-refractivity contribution is -0.137. The summed E-state index contributed by atoms with van der Waals surface area (Å²) in [5, 5.41) is 8.53. The van der Waals surface area contributed by atoms with E-state index in [0.717, 1.165) is 73.8 Å². The zero-order valence-electron chi connectivity index (χ0n) is 38.3. The minimum atomic E-state index is -0.708. The molecule has 4 aliphatic heterocycles. The van der Waals surface area contributed by atoms with Crippen LogP contribution in [0.3, 0.4) is 0 Å². The zero-order valence-corrected chi connectivity index (χ0v) is 39.9. The Morgan fingerprint density at radius 2 is 1.73 bits per heavy atom. The van der Waals surface area contributed by atoms with Crippen LogP contribution in [0.5, 0.6) is 5.75 Å². The van der Waals surface area contributed by atoms with Gasteiger partial charge in [0.2, 0.25) is 23.6 Å². The minimum absolute atomic E-state index is 0.00798. The van der Waals surface area contributed by atoms with E-state index in [1.165, 1.54) is 4.90 Å². The van der Waals surface area contributed by atoms with Crippen LogP contribution in [0.2, 0.25) is 0 Å². The second-order valence-corrected chi connectivity index (χ2v) is 18.7. The number of halogens is 1. The molecule has 0 bridgehead atoms. The van der Waals surface area contributed by atoms with Gasteiger partial charge in [0.25, 0.3) is 11.8 Å². The van der Waals surface area contributed by atoms with E-state index in [1.807, 2.05) is 43.3 Å². The Morgan fingerprint density at radius 3 is 2.48 bits per heavy atom. The fraction of sp³-hybridized carbons (Fsp3) is 0.440. The number of imide groups is 1. The Balaban J connectivity index is 0.761. The van der Waals surface area contributed by atoms with E-state index in [4.69, 9.17) is 9.72 Å². The summed E-state index contributed by atoms with van der Waals surface area (Å²) < 4.78 is 6.77. The van der Waals surface area contributed by atoms with Crippen molar-refractivity contribution in [2.45, 2.75) is 109 Å². The number of piperidine rings is 2. The molecule has 4 aliphatic rings. The monoisotopic (exact) mass is 975 g/mol. The number of aromatic nitrogens is 2. The Hall–Kier alpha value is -6.20. The first-order valence-corrected chi connectivity index (χ1v) is 24.1. The summed E-state index contributed by atoms with van der Waals surface area (Å²) in [5.41, 5.74) is 4.83. The molecule has 3 N–H and O–H groups in total. The second-order valence-electron chi connectivity index (χ2n) is 17.8. The molecule has 0 saturated carbocycles. The summed E-state index contributed by atoms with van der Waals surface area (Å²) >= 11 is 3.51. The molecule has 2 fully saturated rings. The van der Waals surface area contributed by atoms with Crippen LogP contribution in [0.1, 0.15) is 114 Å². The molecule has 17 heteroatoms. The lowest BCUT2D eigenvalue weighted by Crippen LogP contribution is -2.52. The van der Waals surface area contributed by atoms with E-state index in [9.17, 15) is 28.8 Å². The number of rotatable bonds is 17. The van der Waals surface area contributed by atoms with Gasteiger partial charge in [0.15, 0.2) is 5.82 Å². The number of ether oxygens (including phenoxy) is 1. The molecule has 0 radical (unpaired) electrons. The van der Waals surface area contributed by atoms with Crippen molar-refractivity contribution < 1.29 is 33.5 Å². The molecule has 1 unspecified atom stereocenters. The van der Waals surface area contributed by atoms with Crippen LogP contribution in [0.25, 0.3) is 0 Å². The minimum Gasteiger partial charge on any atom is -0.496 e. The summed E-state index contributed by atoms with van der Waals surface area (Å²) in [6, 6.07) is 17.8. The average Bonchev–Trinajstić information content (AvgIpc) is 3.66. The van der Waals surface area contributed by atoms with Gasteiger partial charge in [-0.05, 0) is 87.0 Å². The van der Waals surface area contributed by atoms with Gasteiger partial charge in [-0.3, -0.25) is 34.1 Å². The summed E-state index contributed by atoms with van der Waals surface area (Å²) in [7, 11) is 3.36. The van der Waals surface area contributed by atoms with Crippen molar-refractivity contribution in [1.29, 1.82) is 0 Å². The number of anilines is 3. The number of carbonyl (C=O) groups excluding carboxylic acids is 6. The topological polar surface area (TPSA) is 186 Å². The maximum absolute atomic E-state index is 13.5. The largest absolute Gasteiger partial charge is 0.496 e. The summed E-state index contributed by atoms with van der Waals surface area (Å²) in [5.74, 6) is 0.553. The molecular weight excluding hydrogens is 919 g/mol. The van der Waals surface area contributed by atoms with E-state index >= 15 is 0 Å². The normalized spacial score (nSPS) is 18.7. The van der Waals surface area contributed by atoms with Crippen LogP contribution >= 0.6 is 15.9 Å². The van der Waals surface area contributed by atoms with Gasteiger partial charge < -0.3 is 35.0 Å². The van der Waals surface area contributed by atoms with Crippen LogP contribution in [0.15, 0.2) is 71.3 Å². The highest BCUT2D eigenvalue weighted by Gasteiger charge is 2.40. The SMILES string of the molecule is CC[C@@H]1C(=O)N(C)c2cnc(Cc3ccc(C(=O)NC4CCN(CCCCCCC(=O)Nc5cccc6c5CN(C5CCC(=O)NC5=O)C6=O)CC4)cc3OC)nc2N1Cc1ccc(Br)cc1. The van der Waals surface area contributed by atoms with Gasteiger partial charge >= 0.3 is 0 Å². The Kier molecular flexibility index (Phi) is 15.0. The van der Waals surface area contributed by atoms with E-state index in [0.29, 0.717) is 71.3 Å². The third-order valence-corrected chi connectivity index (χ3v) is 13.9. The molecule has 1 aromatic heterocycles. The van der Waals surface area contributed by atoms with Gasteiger partial charge in [0.05, 0.1) is 13.3 Å². The predicted octanol–water partition coefficient (Wildman–Crippen LogP) is 6.14. The number of likely N-dealkylation sites (N-methyl/N-ethyl adjacent to an activating group) is 1. The van der Waals surface area contributed by atoms with Crippen molar-refractivity contribution in [3.05, 3.63) is 105 Å². The number of carbonyl (C=O) groups is 6. The fourth-order valence-electron chi connectivity index (χ4n) is 9.59. The number of hydrogen-bond acceptors (Lipinski definition) is 11. The van der Waals surface area contributed by atoms with Gasteiger partial charge in [0, 0.05) is 90.9 Å². The van der Waals surface area contributed by atoms with Gasteiger partial charge in [-0.2, -0.15) is 0 Å². The number of benzene rings is 3. The number of hydrogen-bond donors (Lipinski definition) is 3. The molecule has 5 heterocycles. The lowest BCUT2D eigenvalue weighted by atomic mass is 10.0. The number of unbranched alkanes of at least 4 members (excludes halogenated alkanes) is 3. The molecule has 67 heavy (non-hydrogen) atoms. The number of fused-ring (bicyclic) bond motifs is 2. The molecule has 6 amide bonds. The van der Waals surface area contributed by atoms with Gasteiger partial charge in [-0.25, -0.2) is 9.97 Å². The standard InChI is InChI=1S/C50H58BrN9O7/c1-4-39-50(66)57(2)41-28-52-43(55-46(41)59(39)29-31-13-17-34(51)18-14-31)27-32-15-16-33(26-42(32)67-3)47(63)53-35-21-24-58(25-22-35)23-8-6-5-7-12-44(61)54-38-11-9-10-36-37(38)30-60(49(36)65)40-19-20-45(62)56-48(40)64/h9-11,13-18,26,28,35,39-40H,4-8,12,19-25,27,29-30H2,1-3H3,(H,53,63)(H,54,61)(H,56,62,64)/t39-,40?/m1/s1. The smallest absolute Gasteiger partial charge is 0.255 e. The maximum Gasteiger partial charge on any atom is 0.255 e. The number of nitrogens with zero attached hydrogens (tertiary/aromatic N) is 6. The molecule has 16 nitrogen and oxygen atoms in total. The van der Waals surface area contributed by atoms with Crippen LogP contribution in [0.4, 0.5) is 17.2 Å². The van der Waals surface area contributed by atoms with Crippen molar-refractivity contribution in [2.75, 3.05) is 48.9 Å². The summed E-state index contributed by atoms with van der Waals surface area (Å²) in [6.45, 7) is 5.49. The first-order valence-electron chi connectivity index (χ1n) is 23.3. The molecule has 0 spiro atoms. The third kappa shape index (κ3) is 10.8. The summed E-state index contributed by atoms with van der Waals surface area (Å²) in [6.07, 6.45) is 8.96. The second kappa shape index (κ2) is 21.2. The number of likely N-dealkylation sites (tertiary alicyclic amines) is 1. The molecule has 4 aromatic rings. The van der Waals surface area contributed by atoms with E-state index in [2.05, 4.69) is 46.7 Å². The van der Waals surface area contributed by atoms with E-state index in [1.54, 1.807) is 49.5 Å². The van der Waals surface area contributed by atoms with Crippen molar-refractivity contribution >= 4 is 68.6 Å². The first kappa shape index (κ1) is 47.3. The molecule has 0 aliphatic carbocycles. The average molecular weight is 977 g/mol. The number of methoxy groups -OCH3 is 1. The predicted molar refractivity (Wildman–Crippen MR) is 257 cm³/mol. The molecule has 8 rings (SSSR count). The molecule has 3 aromatic carbocycles. The highest BCUT2D eigenvalue weighted by Crippen LogP contribution is 2.37. The van der Waals surface area contributed by atoms with Crippen molar-refractivity contribution in [2.24, 2.45) is 0 Å². The molecule has 2 atom stereocenters. The summed E-state index contributed by atoms with van der Waals surface area (Å²) in [4.78, 5) is 94.3. The Labute approximate surface area is 399 Å². The first-order chi connectivity index (χ1) is 32.4. The molecule has 352 valence electrons. The zero-order chi connectivity index (χ0) is 47.2. The van der Waals surface area contributed by atoms with Crippen LogP contribution < -0.4 is 30.5 Å². The van der Waals surface area contributed by atoms with Crippen molar-refractivity contribution in [3.63, 3.8) is 0 Å². The fourth-order valence-corrected chi connectivity index (χ4v) is 9.85. The quantitative estimate of drug-likeness (QED) is 0.0815. The molecule has 2 saturated heterocycles. The van der Waals surface area contributed by atoms with E-state index < -0.39 is 11.9 Å². The van der Waals surface area contributed by atoms with Gasteiger partial charge in [-0.1, -0.05) is 60.0 Å². The highest BCUT2D eigenvalue weighted by atomic mass is 79.9. The molecular formula is C50H58BrN9O7. The van der Waals surface area contributed by atoms with E-state index in [-0.39, 0.29) is 61.0 Å². The van der Waals surface area contributed by atoms with Crippen molar-refractivity contribution in [1.82, 2.24) is 30.4 Å². The van der Waals surface area contributed by atoms with Crippen LogP contribution in [-0.4, -0.2) is 107 Å². The lowest BCUT2D eigenvalue weighted by Gasteiger charge is -2.40. The van der Waals surface area contributed by atoms with Gasteiger partial charge in [-0.15, -0.1) is 0 Å². The Morgan fingerprint density at radius 1 is 0.955 bits per heavy atom.